The lowest BCUT2D eigenvalue weighted by Crippen LogP contribution is -2.42. The van der Waals surface area contributed by atoms with E-state index in [-0.39, 0.29) is 13.2 Å². The SMILES string of the molecule is CCOC(=O)NC(c1cc[n+](Cc2ccccc2)cc1)C(NC(=O)OCC)c1cc[n+](Cc2ccccc2)cc1. The van der Waals surface area contributed by atoms with Gasteiger partial charge in [0.2, 0.25) is 0 Å². The molecule has 2 heterocycles. The van der Waals surface area contributed by atoms with Gasteiger partial charge in [0, 0.05) is 35.4 Å². The molecule has 0 aliphatic rings. The minimum atomic E-state index is -0.625. The number of hydrogen-bond acceptors (Lipinski definition) is 4. The molecule has 2 unspecified atom stereocenters. The zero-order valence-corrected chi connectivity index (χ0v) is 22.9. The molecule has 2 amide bonds. The maximum Gasteiger partial charge on any atom is 0.407 e. The van der Waals surface area contributed by atoms with Crippen LogP contribution in [-0.2, 0) is 22.6 Å². The first-order valence-electron chi connectivity index (χ1n) is 13.5. The van der Waals surface area contributed by atoms with Crippen molar-refractivity contribution in [1.82, 2.24) is 10.6 Å². The lowest BCUT2D eigenvalue weighted by molar-refractivity contribution is -0.688. The van der Waals surface area contributed by atoms with E-state index in [0.29, 0.717) is 13.1 Å². The average molecular weight is 541 g/mol. The van der Waals surface area contributed by atoms with Gasteiger partial charge in [-0.2, -0.15) is 0 Å². The Balaban J connectivity index is 1.64. The largest absolute Gasteiger partial charge is 0.450 e. The van der Waals surface area contributed by atoms with E-state index >= 15 is 0 Å². The summed E-state index contributed by atoms with van der Waals surface area (Å²) in [7, 11) is 0. The van der Waals surface area contributed by atoms with Crippen LogP contribution >= 0.6 is 0 Å². The number of amides is 2. The Labute approximate surface area is 235 Å². The molecule has 0 bridgehead atoms. The van der Waals surface area contributed by atoms with Crippen LogP contribution in [0.15, 0.2) is 110 Å². The molecule has 0 aliphatic heterocycles. The Bertz CT molecular complexity index is 1240. The van der Waals surface area contributed by atoms with E-state index in [1.54, 1.807) is 13.8 Å². The van der Waals surface area contributed by atoms with Crippen LogP contribution in [0, 0.1) is 0 Å². The van der Waals surface area contributed by atoms with Crippen LogP contribution in [-0.4, -0.2) is 25.4 Å². The molecule has 2 aromatic carbocycles. The van der Waals surface area contributed by atoms with Crippen molar-refractivity contribution in [1.29, 1.82) is 0 Å². The molecule has 4 rings (SSSR count). The summed E-state index contributed by atoms with van der Waals surface area (Å²) >= 11 is 0. The lowest BCUT2D eigenvalue weighted by Gasteiger charge is -2.28. The Morgan fingerprint density at radius 3 is 1.27 bits per heavy atom. The molecule has 0 spiro atoms. The first-order valence-corrected chi connectivity index (χ1v) is 13.5. The van der Waals surface area contributed by atoms with Gasteiger partial charge in [-0.05, 0) is 25.0 Å². The van der Waals surface area contributed by atoms with Crippen molar-refractivity contribution in [2.24, 2.45) is 0 Å². The molecule has 2 aromatic heterocycles. The van der Waals surface area contributed by atoms with Crippen molar-refractivity contribution in [2.75, 3.05) is 13.2 Å². The highest BCUT2D eigenvalue weighted by atomic mass is 16.6. The maximum absolute atomic E-state index is 12.7. The van der Waals surface area contributed by atoms with Gasteiger partial charge >= 0.3 is 12.2 Å². The third-order valence-corrected chi connectivity index (χ3v) is 6.40. The molecular weight excluding hydrogens is 504 g/mol. The second-order valence-corrected chi connectivity index (χ2v) is 9.26. The molecule has 8 nitrogen and oxygen atoms in total. The van der Waals surface area contributed by atoms with Crippen molar-refractivity contribution < 1.29 is 28.2 Å². The summed E-state index contributed by atoms with van der Waals surface area (Å²) in [4.78, 5) is 25.3. The van der Waals surface area contributed by atoms with Crippen LogP contribution in [0.5, 0.6) is 0 Å². The number of nitrogens with zero attached hydrogens (tertiary/aromatic N) is 2. The molecule has 206 valence electrons. The van der Waals surface area contributed by atoms with E-state index in [0.717, 1.165) is 11.1 Å². The number of nitrogens with one attached hydrogen (secondary N) is 2. The predicted molar refractivity (Wildman–Crippen MR) is 150 cm³/mol. The molecule has 8 heteroatoms. The zero-order chi connectivity index (χ0) is 28.2. The van der Waals surface area contributed by atoms with Gasteiger partial charge in [0.15, 0.2) is 37.9 Å². The molecule has 0 aliphatic carbocycles. The minimum absolute atomic E-state index is 0.227. The third-order valence-electron chi connectivity index (χ3n) is 6.40. The van der Waals surface area contributed by atoms with Crippen molar-refractivity contribution in [3.05, 3.63) is 132 Å². The summed E-state index contributed by atoms with van der Waals surface area (Å²) in [5.41, 5.74) is 3.97. The smallest absolute Gasteiger partial charge is 0.407 e. The van der Waals surface area contributed by atoms with Gasteiger partial charge in [0.05, 0.1) is 25.3 Å². The molecule has 4 aromatic rings. The Morgan fingerprint density at radius 2 is 0.950 bits per heavy atom. The van der Waals surface area contributed by atoms with E-state index in [1.807, 2.05) is 85.5 Å². The number of hydrogen-bond donors (Lipinski definition) is 2. The van der Waals surface area contributed by atoms with Crippen molar-refractivity contribution in [3.8, 4) is 0 Å². The van der Waals surface area contributed by atoms with E-state index in [9.17, 15) is 9.59 Å². The molecular formula is C32H36N4O4+2. The van der Waals surface area contributed by atoms with E-state index in [2.05, 4.69) is 44.0 Å². The number of benzene rings is 2. The second-order valence-electron chi connectivity index (χ2n) is 9.26. The number of carbonyl (C=O) groups excluding carboxylic acids is 2. The van der Waals surface area contributed by atoms with Crippen LogP contribution in [0.2, 0.25) is 0 Å². The molecule has 0 fully saturated rings. The van der Waals surface area contributed by atoms with Crippen LogP contribution in [0.1, 0.15) is 48.2 Å². The third kappa shape index (κ3) is 8.14. The van der Waals surface area contributed by atoms with Crippen LogP contribution in [0.4, 0.5) is 9.59 Å². The van der Waals surface area contributed by atoms with Gasteiger partial charge in [0.25, 0.3) is 0 Å². The van der Waals surface area contributed by atoms with Crippen LogP contribution < -0.4 is 19.8 Å². The maximum atomic E-state index is 12.7. The zero-order valence-electron chi connectivity index (χ0n) is 22.9. The fraction of sp³-hybridized carbons (Fsp3) is 0.250. The highest BCUT2D eigenvalue weighted by molar-refractivity contribution is 5.70. The van der Waals surface area contributed by atoms with Gasteiger partial charge < -0.3 is 20.1 Å². The van der Waals surface area contributed by atoms with Crippen LogP contribution in [0.3, 0.4) is 0 Å². The van der Waals surface area contributed by atoms with E-state index in [1.165, 1.54) is 11.1 Å². The Hall–Kier alpha value is -4.72. The van der Waals surface area contributed by atoms with E-state index in [4.69, 9.17) is 9.47 Å². The first-order chi connectivity index (χ1) is 19.6. The van der Waals surface area contributed by atoms with Gasteiger partial charge in [-0.1, -0.05) is 60.7 Å². The number of carbonyl (C=O) groups is 2. The number of ether oxygens (including phenoxy) is 2. The first kappa shape index (κ1) is 28.3. The standard InChI is InChI=1S/C32H34N4O4/c1-3-39-31(37)33-29(27-15-19-35(20-16-27)23-25-11-7-5-8-12-25)30(34-32(38)40-4-2)28-17-21-36(22-18-28)24-26-13-9-6-10-14-26/h5-22,29-30H,3-4,23-24H2,1-2H3/p+2. The van der Waals surface area contributed by atoms with E-state index < -0.39 is 24.3 Å². The average Bonchev–Trinajstić information content (AvgIpc) is 2.97. The number of pyridine rings is 2. The fourth-order valence-corrected chi connectivity index (χ4v) is 4.47. The summed E-state index contributed by atoms with van der Waals surface area (Å²) in [6.07, 6.45) is 6.70. The number of aromatic nitrogens is 2. The van der Waals surface area contributed by atoms with Crippen molar-refractivity contribution >= 4 is 12.2 Å². The van der Waals surface area contributed by atoms with Crippen LogP contribution in [0.25, 0.3) is 0 Å². The van der Waals surface area contributed by atoms with Crippen molar-refractivity contribution in [3.63, 3.8) is 0 Å². The summed E-state index contributed by atoms with van der Waals surface area (Å²) in [6.45, 7) is 5.38. The second kappa shape index (κ2) is 14.4. The van der Waals surface area contributed by atoms with Crippen molar-refractivity contribution in [2.45, 2.75) is 39.0 Å². The summed E-state index contributed by atoms with van der Waals surface area (Å²) in [6, 6.07) is 26.9. The quantitative estimate of drug-likeness (QED) is 0.272. The molecule has 0 saturated heterocycles. The number of alkyl carbamates (subject to hydrolysis) is 2. The summed E-state index contributed by atoms with van der Waals surface area (Å²) in [5, 5.41) is 5.91. The van der Waals surface area contributed by atoms with Gasteiger partial charge in [-0.3, -0.25) is 0 Å². The molecule has 2 N–H and O–H groups in total. The Morgan fingerprint density at radius 1 is 0.600 bits per heavy atom. The number of rotatable bonds is 11. The van der Waals surface area contributed by atoms with Gasteiger partial charge in [0.1, 0.15) is 0 Å². The minimum Gasteiger partial charge on any atom is -0.450 e. The molecule has 0 saturated carbocycles. The summed E-state index contributed by atoms with van der Waals surface area (Å²) < 4.78 is 14.6. The molecule has 40 heavy (non-hydrogen) atoms. The highest BCUT2D eigenvalue weighted by Gasteiger charge is 2.30. The molecule has 2 atom stereocenters. The summed E-state index contributed by atoms with van der Waals surface area (Å²) in [5.74, 6) is 0. The monoisotopic (exact) mass is 540 g/mol. The normalized spacial score (nSPS) is 12.2. The Kier molecular flexibility index (Phi) is 10.2. The topological polar surface area (TPSA) is 84.4 Å². The predicted octanol–water partition coefficient (Wildman–Crippen LogP) is 4.63. The highest BCUT2D eigenvalue weighted by Crippen LogP contribution is 2.29. The fourth-order valence-electron chi connectivity index (χ4n) is 4.47. The van der Waals surface area contributed by atoms with Gasteiger partial charge in [-0.25, -0.2) is 18.7 Å². The lowest BCUT2D eigenvalue weighted by atomic mass is 9.94. The molecule has 0 radical (unpaired) electrons. The van der Waals surface area contributed by atoms with Gasteiger partial charge in [-0.15, -0.1) is 0 Å².